The fourth-order valence-electron chi connectivity index (χ4n) is 2.11. The third-order valence-corrected chi connectivity index (χ3v) is 4.68. The highest BCUT2D eigenvalue weighted by Crippen LogP contribution is 2.15. The van der Waals surface area contributed by atoms with E-state index in [1.54, 1.807) is 31.2 Å². The Morgan fingerprint density at radius 2 is 1.69 bits per heavy atom. The first-order valence-electron chi connectivity index (χ1n) is 7.51. The largest absolute Gasteiger partial charge is 0.452 e. The summed E-state index contributed by atoms with van der Waals surface area (Å²) in [7, 11) is -3.77. The lowest BCUT2D eigenvalue weighted by Crippen LogP contribution is -2.31. The number of halogens is 1. The van der Waals surface area contributed by atoms with Crippen LogP contribution in [0.2, 0.25) is 5.02 Å². The van der Waals surface area contributed by atoms with Crippen molar-refractivity contribution >= 4 is 33.5 Å². The minimum atomic E-state index is -3.77. The number of sulfonamides is 1. The molecule has 0 unspecified atom stereocenters. The summed E-state index contributed by atoms with van der Waals surface area (Å²) in [6.07, 6.45) is 0. The molecule has 0 radical (unpaired) electrons. The molecule has 0 saturated carbocycles. The van der Waals surface area contributed by atoms with Crippen LogP contribution in [-0.2, 0) is 19.6 Å². The van der Waals surface area contributed by atoms with Crippen molar-refractivity contribution in [1.82, 2.24) is 5.32 Å². The van der Waals surface area contributed by atoms with Crippen LogP contribution in [0.3, 0.4) is 0 Å². The molecule has 2 aromatic rings. The summed E-state index contributed by atoms with van der Waals surface area (Å²) in [5.41, 5.74) is 0.962. The summed E-state index contributed by atoms with van der Waals surface area (Å²) >= 11 is 5.74. The van der Waals surface area contributed by atoms with Gasteiger partial charge in [0.15, 0.2) is 6.61 Å². The summed E-state index contributed by atoms with van der Waals surface area (Å²) in [5.74, 6) is -1.13. The number of rotatable bonds is 6. The molecule has 2 aromatic carbocycles. The second-order valence-corrected chi connectivity index (χ2v) is 7.48. The zero-order valence-electron chi connectivity index (χ0n) is 13.8. The van der Waals surface area contributed by atoms with Crippen LogP contribution in [-0.4, -0.2) is 26.9 Å². The van der Waals surface area contributed by atoms with Crippen molar-refractivity contribution in [1.29, 1.82) is 0 Å². The number of primary sulfonamides is 1. The third-order valence-electron chi connectivity index (χ3n) is 3.50. The van der Waals surface area contributed by atoms with Gasteiger partial charge in [-0.3, -0.25) is 4.79 Å². The molecule has 0 bridgehead atoms. The molecular formula is C17H17ClN2O5S. The van der Waals surface area contributed by atoms with E-state index < -0.39 is 34.5 Å². The van der Waals surface area contributed by atoms with Crippen LogP contribution < -0.4 is 10.5 Å². The van der Waals surface area contributed by atoms with Crippen molar-refractivity contribution in [3.05, 3.63) is 64.7 Å². The normalized spacial score (nSPS) is 12.3. The van der Waals surface area contributed by atoms with Gasteiger partial charge in [0.05, 0.1) is 16.5 Å². The molecule has 2 rings (SSSR count). The Kier molecular flexibility index (Phi) is 6.36. The molecule has 0 spiro atoms. The lowest BCUT2D eigenvalue weighted by atomic mass is 10.1. The van der Waals surface area contributed by atoms with Crippen LogP contribution in [0.1, 0.15) is 28.9 Å². The first-order chi connectivity index (χ1) is 12.2. The summed E-state index contributed by atoms with van der Waals surface area (Å²) in [6, 6.07) is 11.5. The fraction of sp³-hybridized carbons (Fsp3) is 0.176. The maximum atomic E-state index is 11.9. The van der Waals surface area contributed by atoms with Gasteiger partial charge in [-0.15, -0.1) is 0 Å². The van der Waals surface area contributed by atoms with Crippen LogP contribution in [0.15, 0.2) is 53.4 Å². The first kappa shape index (κ1) is 19.9. The van der Waals surface area contributed by atoms with Crippen molar-refractivity contribution < 1.29 is 22.7 Å². The zero-order valence-corrected chi connectivity index (χ0v) is 15.4. The Labute approximate surface area is 156 Å². The third kappa shape index (κ3) is 5.55. The average molecular weight is 397 g/mol. The molecule has 0 aliphatic heterocycles. The van der Waals surface area contributed by atoms with Gasteiger partial charge in [-0.05, 0) is 48.9 Å². The molecule has 138 valence electrons. The van der Waals surface area contributed by atoms with E-state index >= 15 is 0 Å². The highest BCUT2D eigenvalue weighted by Gasteiger charge is 2.14. The van der Waals surface area contributed by atoms with E-state index in [1.165, 1.54) is 24.3 Å². The van der Waals surface area contributed by atoms with Crippen LogP contribution in [0.4, 0.5) is 0 Å². The molecule has 3 N–H and O–H groups in total. The van der Waals surface area contributed by atoms with Crippen molar-refractivity contribution in [2.75, 3.05) is 6.61 Å². The molecule has 0 aromatic heterocycles. The van der Waals surface area contributed by atoms with E-state index in [0.717, 1.165) is 0 Å². The minimum absolute atomic E-state index is 0.0170. The Morgan fingerprint density at radius 1 is 1.12 bits per heavy atom. The number of esters is 1. The van der Waals surface area contributed by atoms with Gasteiger partial charge in [0.25, 0.3) is 5.91 Å². The molecule has 0 heterocycles. The smallest absolute Gasteiger partial charge is 0.338 e. The number of nitrogens with one attached hydrogen (secondary N) is 1. The maximum absolute atomic E-state index is 11.9. The maximum Gasteiger partial charge on any atom is 0.338 e. The fourth-order valence-corrected chi connectivity index (χ4v) is 2.75. The predicted molar refractivity (Wildman–Crippen MR) is 96.1 cm³/mol. The lowest BCUT2D eigenvalue weighted by Gasteiger charge is -2.15. The predicted octanol–water partition coefficient (Wildman–Crippen LogP) is 2.02. The molecular weight excluding hydrogens is 380 g/mol. The number of benzene rings is 2. The second-order valence-electron chi connectivity index (χ2n) is 5.49. The highest BCUT2D eigenvalue weighted by molar-refractivity contribution is 7.89. The van der Waals surface area contributed by atoms with Crippen molar-refractivity contribution in [2.24, 2.45) is 5.14 Å². The van der Waals surface area contributed by atoms with Crippen LogP contribution in [0.5, 0.6) is 0 Å². The quantitative estimate of drug-likeness (QED) is 0.724. The van der Waals surface area contributed by atoms with Gasteiger partial charge in [-0.1, -0.05) is 23.7 Å². The summed E-state index contributed by atoms with van der Waals surface area (Å²) in [6.45, 7) is 1.27. The number of hydrogen-bond donors (Lipinski definition) is 2. The molecule has 1 amide bonds. The van der Waals surface area contributed by atoms with Gasteiger partial charge in [-0.2, -0.15) is 0 Å². The Morgan fingerprint density at radius 3 is 2.23 bits per heavy atom. The first-order valence-corrected chi connectivity index (χ1v) is 9.44. The average Bonchev–Trinajstić information content (AvgIpc) is 2.59. The summed E-state index contributed by atoms with van der Waals surface area (Å²) in [4.78, 5) is 23.7. The Bertz CT molecular complexity index is 896. The van der Waals surface area contributed by atoms with Gasteiger partial charge in [-0.25, -0.2) is 18.4 Å². The van der Waals surface area contributed by atoms with E-state index in [4.69, 9.17) is 21.5 Å². The number of hydrogen-bond acceptors (Lipinski definition) is 5. The van der Waals surface area contributed by atoms with E-state index in [9.17, 15) is 18.0 Å². The van der Waals surface area contributed by atoms with Gasteiger partial charge in [0, 0.05) is 5.02 Å². The molecule has 0 aliphatic carbocycles. The topological polar surface area (TPSA) is 116 Å². The van der Waals surface area contributed by atoms with Gasteiger partial charge < -0.3 is 10.1 Å². The monoisotopic (exact) mass is 396 g/mol. The molecule has 26 heavy (non-hydrogen) atoms. The second kappa shape index (κ2) is 8.31. The van der Waals surface area contributed by atoms with Crippen LogP contribution >= 0.6 is 11.6 Å². The van der Waals surface area contributed by atoms with E-state index in [2.05, 4.69) is 5.32 Å². The molecule has 0 fully saturated rings. The van der Waals surface area contributed by atoms with E-state index in [1.807, 2.05) is 0 Å². The molecule has 7 nitrogen and oxygen atoms in total. The molecule has 1 atom stereocenters. The number of carbonyl (C=O) groups excluding carboxylic acids is 2. The molecule has 0 aliphatic rings. The number of nitrogens with two attached hydrogens (primary N) is 1. The zero-order chi connectivity index (χ0) is 19.3. The molecule has 0 saturated heterocycles. The van der Waals surface area contributed by atoms with Gasteiger partial charge in [0.2, 0.25) is 10.0 Å². The van der Waals surface area contributed by atoms with Crippen molar-refractivity contribution in [3.63, 3.8) is 0 Å². The van der Waals surface area contributed by atoms with Crippen molar-refractivity contribution in [2.45, 2.75) is 17.9 Å². The van der Waals surface area contributed by atoms with Crippen molar-refractivity contribution in [3.8, 4) is 0 Å². The molecule has 9 heteroatoms. The summed E-state index contributed by atoms with van der Waals surface area (Å²) in [5, 5.41) is 8.17. The number of ether oxygens (including phenoxy) is 1. The number of amides is 1. The summed E-state index contributed by atoms with van der Waals surface area (Å²) < 4.78 is 27.4. The SMILES string of the molecule is C[C@@H](NC(=O)COC(=O)c1ccc(Cl)cc1)c1ccc(S(N)(=O)=O)cc1. The lowest BCUT2D eigenvalue weighted by molar-refractivity contribution is -0.124. The number of carbonyl (C=O) groups is 2. The van der Waals surface area contributed by atoms with Gasteiger partial charge >= 0.3 is 5.97 Å². The standard InChI is InChI=1S/C17H17ClN2O5S/c1-11(12-4-8-15(9-5-12)26(19,23)24)20-16(21)10-25-17(22)13-2-6-14(18)7-3-13/h2-9,11H,10H2,1H3,(H,20,21)(H2,19,23,24)/t11-/m1/s1. The van der Waals surface area contributed by atoms with Gasteiger partial charge in [0.1, 0.15) is 0 Å². The highest BCUT2D eigenvalue weighted by atomic mass is 35.5. The van der Waals surface area contributed by atoms with Crippen LogP contribution in [0, 0.1) is 0 Å². The van der Waals surface area contributed by atoms with E-state index in [0.29, 0.717) is 10.6 Å². The Hall–Kier alpha value is -2.42. The van der Waals surface area contributed by atoms with Crippen LogP contribution in [0.25, 0.3) is 0 Å². The van der Waals surface area contributed by atoms with E-state index in [-0.39, 0.29) is 10.5 Å². The minimum Gasteiger partial charge on any atom is -0.452 e. The Balaban J connectivity index is 1.88.